The van der Waals surface area contributed by atoms with Gasteiger partial charge in [0.1, 0.15) is 5.65 Å². The first-order chi connectivity index (χ1) is 10.0. The van der Waals surface area contributed by atoms with Crippen molar-refractivity contribution in [3.63, 3.8) is 0 Å². The maximum Gasteiger partial charge on any atom is 0.182 e. The van der Waals surface area contributed by atoms with Crippen LogP contribution in [0, 0.1) is 27.7 Å². The molecule has 0 atom stereocenters. The van der Waals surface area contributed by atoms with Crippen molar-refractivity contribution in [1.29, 1.82) is 0 Å². The Morgan fingerprint density at radius 2 is 1.67 bits per heavy atom. The lowest BCUT2D eigenvalue weighted by Crippen LogP contribution is -1.84. The molecule has 0 radical (unpaired) electrons. The van der Waals surface area contributed by atoms with Gasteiger partial charge < -0.3 is 0 Å². The second-order valence-corrected chi connectivity index (χ2v) is 5.44. The number of pyridine rings is 1. The van der Waals surface area contributed by atoms with E-state index in [0.29, 0.717) is 0 Å². The number of fused-ring (bicyclic) bond motifs is 1. The van der Waals surface area contributed by atoms with E-state index in [9.17, 15) is 0 Å². The van der Waals surface area contributed by atoms with Crippen LogP contribution >= 0.6 is 0 Å². The molecule has 3 rings (SSSR count). The van der Waals surface area contributed by atoms with E-state index < -0.39 is 0 Å². The molecule has 0 aliphatic rings. The van der Waals surface area contributed by atoms with E-state index in [1.807, 2.05) is 42.6 Å². The molecule has 0 saturated heterocycles. The molecule has 0 unspecified atom stereocenters. The molecular weight excluding hydrogens is 260 g/mol. The van der Waals surface area contributed by atoms with Gasteiger partial charge in [0.25, 0.3) is 0 Å². The van der Waals surface area contributed by atoms with Crippen molar-refractivity contribution in [1.82, 2.24) is 9.38 Å². The monoisotopic (exact) mass is 278 g/mol. The molecule has 0 aliphatic carbocycles. The van der Waals surface area contributed by atoms with Crippen LogP contribution in [-0.2, 0) is 0 Å². The summed E-state index contributed by atoms with van der Waals surface area (Å²) in [6, 6.07) is 10.3. The molecule has 0 fully saturated rings. The van der Waals surface area contributed by atoms with Crippen LogP contribution in [0.3, 0.4) is 0 Å². The zero-order valence-corrected chi connectivity index (χ0v) is 12.8. The van der Waals surface area contributed by atoms with Gasteiger partial charge in [-0.05, 0) is 62.6 Å². The van der Waals surface area contributed by atoms with Crippen molar-refractivity contribution < 1.29 is 0 Å². The van der Waals surface area contributed by atoms with E-state index >= 15 is 0 Å². The van der Waals surface area contributed by atoms with Crippen molar-refractivity contribution in [2.45, 2.75) is 27.7 Å². The van der Waals surface area contributed by atoms with Crippen LogP contribution < -0.4 is 0 Å². The Morgan fingerprint density at radius 3 is 2.48 bits per heavy atom. The predicted molar refractivity (Wildman–Crippen MR) is 84.8 cm³/mol. The van der Waals surface area contributed by atoms with Gasteiger partial charge in [-0.1, -0.05) is 12.1 Å². The zero-order valence-electron chi connectivity index (χ0n) is 12.8. The average molecular weight is 278 g/mol. The van der Waals surface area contributed by atoms with Crippen LogP contribution in [0.25, 0.3) is 5.65 Å². The van der Waals surface area contributed by atoms with E-state index in [1.165, 1.54) is 11.1 Å². The molecule has 0 saturated carbocycles. The second-order valence-electron chi connectivity index (χ2n) is 5.44. The molecule has 2 heterocycles. The van der Waals surface area contributed by atoms with Gasteiger partial charge in [0, 0.05) is 6.20 Å². The number of aryl methyl sites for hydroxylation is 4. The molecule has 0 aliphatic heterocycles. The lowest BCUT2D eigenvalue weighted by atomic mass is 10.1. The van der Waals surface area contributed by atoms with Crippen LogP contribution in [0.4, 0.5) is 11.5 Å². The van der Waals surface area contributed by atoms with Crippen LogP contribution in [-0.4, -0.2) is 9.38 Å². The van der Waals surface area contributed by atoms with Gasteiger partial charge in [0.05, 0.1) is 11.4 Å². The first-order valence-electron chi connectivity index (χ1n) is 6.99. The molecule has 0 amide bonds. The fraction of sp³-hybridized carbons (Fsp3) is 0.235. The van der Waals surface area contributed by atoms with Crippen molar-refractivity contribution >= 4 is 17.2 Å². The number of aromatic nitrogens is 2. The maximum atomic E-state index is 4.54. The van der Waals surface area contributed by atoms with Gasteiger partial charge in [0.2, 0.25) is 0 Å². The van der Waals surface area contributed by atoms with E-state index in [1.54, 1.807) is 0 Å². The Balaban J connectivity index is 2.07. The van der Waals surface area contributed by atoms with E-state index in [4.69, 9.17) is 0 Å². The van der Waals surface area contributed by atoms with Crippen molar-refractivity contribution in [3.8, 4) is 0 Å². The first-order valence-corrected chi connectivity index (χ1v) is 6.99. The minimum atomic E-state index is 0.783. The Morgan fingerprint density at radius 1 is 0.905 bits per heavy atom. The summed E-state index contributed by atoms with van der Waals surface area (Å²) in [4.78, 5) is 4.54. The summed E-state index contributed by atoms with van der Waals surface area (Å²) >= 11 is 0. The Hall–Kier alpha value is -2.49. The number of nitrogens with zero attached hydrogens (tertiary/aromatic N) is 4. The zero-order chi connectivity index (χ0) is 15.0. The summed E-state index contributed by atoms with van der Waals surface area (Å²) in [7, 11) is 0. The number of imidazole rings is 1. The van der Waals surface area contributed by atoms with Crippen LogP contribution in [0.2, 0.25) is 0 Å². The predicted octanol–water partition coefficient (Wildman–Crippen LogP) is 4.98. The quantitative estimate of drug-likeness (QED) is 0.609. The highest BCUT2D eigenvalue weighted by Crippen LogP contribution is 2.26. The number of hydrogen-bond acceptors (Lipinski definition) is 3. The molecule has 21 heavy (non-hydrogen) atoms. The third kappa shape index (κ3) is 2.57. The molecular formula is C17H18N4. The van der Waals surface area contributed by atoms with Crippen molar-refractivity contribution in [2.24, 2.45) is 10.2 Å². The summed E-state index contributed by atoms with van der Waals surface area (Å²) in [5, 5.41) is 8.83. The lowest BCUT2D eigenvalue weighted by molar-refractivity contribution is 1.08. The van der Waals surface area contributed by atoms with Gasteiger partial charge in [-0.2, -0.15) is 0 Å². The van der Waals surface area contributed by atoms with E-state index in [0.717, 1.165) is 28.4 Å². The van der Waals surface area contributed by atoms with Gasteiger partial charge >= 0.3 is 0 Å². The maximum absolute atomic E-state index is 4.54. The summed E-state index contributed by atoms with van der Waals surface area (Å²) in [6.07, 6.45) is 1.99. The molecule has 4 heteroatoms. The average Bonchev–Trinajstić information content (AvgIpc) is 2.74. The summed E-state index contributed by atoms with van der Waals surface area (Å²) in [5.41, 5.74) is 6.17. The smallest absolute Gasteiger partial charge is 0.182 e. The minimum Gasteiger partial charge on any atom is -0.283 e. The highest BCUT2D eigenvalue weighted by Gasteiger charge is 2.08. The molecule has 2 aromatic heterocycles. The third-order valence-electron chi connectivity index (χ3n) is 3.54. The Bertz CT molecular complexity index is 843. The van der Waals surface area contributed by atoms with Gasteiger partial charge in [-0.3, -0.25) is 4.40 Å². The summed E-state index contributed by atoms with van der Waals surface area (Å²) in [5.74, 6) is 0.783. The standard InChI is InChI=1S/C17H18N4/c1-11-5-6-13(3)15(9-11)19-20-17-14(4)18-16-10-12(2)7-8-21(16)17/h5-10H,1-4H3. The number of benzene rings is 1. The van der Waals surface area contributed by atoms with Crippen molar-refractivity contribution in [3.05, 3.63) is 58.9 Å². The van der Waals surface area contributed by atoms with Crippen LogP contribution in [0.5, 0.6) is 0 Å². The number of azo groups is 1. The summed E-state index contributed by atoms with van der Waals surface area (Å²) in [6.45, 7) is 8.11. The van der Waals surface area contributed by atoms with E-state index in [2.05, 4.69) is 41.2 Å². The molecule has 106 valence electrons. The van der Waals surface area contributed by atoms with Crippen LogP contribution in [0.15, 0.2) is 46.8 Å². The van der Waals surface area contributed by atoms with Gasteiger partial charge in [0.15, 0.2) is 5.82 Å². The highest BCUT2D eigenvalue weighted by atomic mass is 15.2. The van der Waals surface area contributed by atoms with Crippen LogP contribution in [0.1, 0.15) is 22.4 Å². The largest absolute Gasteiger partial charge is 0.283 e. The molecule has 4 nitrogen and oxygen atoms in total. The fourth-order valence-electron chi connectivity index (χ4n) is 2.30. The molecule has 3 aromatic rings. The Labute approximate surface area is 124 Å². The lowest BCUT2D eigenvalue weighted by Gasteiger charge is -2.01. The molecule has 0 N–H and O–H groups in total. The topological polar surface area (TPSA) is 42.0 Å². The molecule has 0 spiro atoms. The minimum absolute atomic E-state index is 0.783. The SMILES string of the molecule is Cc1ccc(C)c(N=Nc2c(C)nc3cc(C)ccn23)c1. The second kappa shape index (κ2) is 5.13. The highest BCUT2D eigenvalue weighted by molar-refractivity contribution is 5.53. The van der Waals surface area contributed by atoms with Gasteiger partial charge in [-0.15, -0.1) is 10.2 Å². The van der Waals surface area contributed by atoms with Crippen molar-refractivity contribution in [2.75, 3.05) is 0 Å². The van der Waals surface area contributed by atoms with Gasteiger partial charge in [-0.25, -0.2) is 4.98 Å². The number of hydrogen-bond donors (Lipinski definition) is 0. The molecule has 0 bridgehead atoms. The third-order valence-corrected chi connectivity index (χ3v) is 3.54. The fourth-order valence-corrected chi connectivity index (χ4v) is 2.30. The molecule has 1 aromatic carbocycles. The normalized spacial score (nSPS) is 11.6. The van der Waals surface area contributed by atoms with E-state index in [-0.39, 0.29) is 0 Å². The summed E-state index contributed by atoms with van der Waals surface area (Å²) < 4.78 is 1.97. The number of rotatable bonds is 2. The first kappa shape index (κ1) is 13.5. The Kier molecular flexibility index (Phi) is 3.29.